The average molecular weight is 199 g/mol. The standard InChI is InChI=1S/C13H13NO/c1-11(6-5-9-15)13(10-14)12-7-3-2-4-8-12/h2-4,7-9H,5-6H2,1H3/b13-11+. The van der Waals surface area contributed by atoms with Gasteiger partial charge in [0, 0.05) is 6.42 Å². The van der Waals surface area contributed by atoms with E-state index in [1.54, 1.807) is 0 Å². The van der Waals surface area contributed by atoms with Gasteiger partial charge in [0.05, 0.1) is 11.6 Å². The molecule has 0 aliphatic carbocycles. The van der Waals surface area contributed by atoms with Gasteiger partial charge in [0.25, 0.3) is 0 Å². The fraction of sp³-hybridized carbons (Fsp3) is 0.231. The predicted octanol–water partition coefficient (Wildman–Crippen LogP) is 2.96. The number of carbonyl (C=O) groups excluding carboxylic acids is 1. The summed E-state index contributed by atoms with van der Waals surface area (Å²) in [5.41, 5.74) is 2.57. The van der Waals surface area contributed by atoms with Gasteiger partial charge in [-0.2, -0.15) is 5.26 Å². The third kappa shape index (κ3) is 3.07. The normalized spacial score (nSPS) is 11.5. The molecule has 76 valence electrons. The molecule has 0 amide bonds. The zero-order valence-electron chi connectivity index (χ0n) is 8.73. The highest BCUT2D eigenvalue weighted by Crippen LogP contribution is 2.20. The summed E-state index contributed by atoms with van der Waals surface area (Å²) >= 11 is 0. The van der Waals surface area contributed by atoms with Crippen molar-refractivity contribution in [1.29, 1.82) is 5.26 Å². The summed E-state index contributed by atoms with van der Waals surface area (Å²) in [4.78, 5) is 10.3. The molecule has 0 N–H and O–H groups in total. The molecule has 0 bridgehead atoms. The second-order valence-corrected chi connectivity index (χ2v) is 3.34. The van der Waals surface area contributed by atoms with E-state index < -0.39 is 0 Å². The molecule has 0 fully saturated rings. The molecule has 0 aromatic heterocycles. The van der Waals surface area contributed by atoms with E-state index in [9.17, 15) is 4.79 Å². The Bertz CT molecular complexity index is 398. The molecule has 1 rings (SSSR count). The average Bonchev–Trinajstić information content (AvgIpc) is 2.29. The molecule has 0 aliphatic rings. The Balaban J connectivity index is 2.98. The molecule has 0 saturated carbocycles. The molecular weight excluding hydrogens is 186 g/mol. The van der Waals surface area contributed by atoms with Crippen molar-refractivity contribution in [2.24, 2.45) is 0 Å². The molecule has 1 aromatic carbocycles. The van der Waals surface area contributed by atoms with Gasteiger partial charge >= 0.3 is 0 Å². The van der Waals surface area contributed by atoms with Crippen LogP contribution >= 0.6 is 0 Å². The molecule has 15 heavy (non-hydrogen) atoms. The quantitative estimate of drug-likeness (QED) is 0.552. The second kappa shape index (κ2) is 5.77. The van der Waals surface area contributed by atoms with E-state index in [2.05, 4.69) is 6.07 Å². The summed E-state index contributed by atoms with van der Waals surface area (Å²) in [5, 5.41) is 9.05. The highest BCUT2D eigenvalue weighted by atomic mass is 16.1. The second-order valence-electron chi connectivity index (χ2n) is 3.34. The van der Waals surface area contributed by atoms with Gasteiger partial charge < -0.3 is 4.79 Å². The molecule has 2 heteroatoms. The summed E-state index contributed by atoms with van der Waals surface area (Å²) in [6, 6.07) is 11.7. The molecule has 0 spiro atoms. The van der Waals surface area contributed by atoms with Crippen LogP contribution in [-0.4, -0.2) is 6.29 Å². The van der Waals surface area contributed by atoms with Crippen LogP contribution in [0.5, 0.6) is 0 Å². The third-order valence-corrected chi connectivity index (χ3v) is 2.24. The number of hydrogen-bond donors (Lipinski definition) is 0. The Hall–Kier alpha value is -1.88. The van der Waals surface area contributed by atoms with E-state index in [1.165, 1.54) is 0 Å². The highest BCUT2D eigenvalue weighted by Gasteiger charge is 2.04. The van der Waals surface area contributed by atoms with Crippen LogP contribution in [0, 0.1) is 11.3 Å². The molecule has 0 unspecified atom stereocenters. The van der Waals surface area contributed by atoms with Crippen LogP contribution < -0.4 is 0 Å². The van der Waals surface area contributed by atoms with Crippen molar-refractivity contribution < 1.29 is 4.79 Å². The molecule has 2 nitrogen and oxygen atoms in total. The monoisotopic (exact) mass is 199 g/mol. The minimum absolute atomic E-state index is 0.476. The summed E-state index contributed by atoms with van der Waals surface area (Å²) in [6.45, 7) is 1.90. The smallest absolute Gasteiger partial charge is 0.120 e. The van der Waals surface area contributed by atoms with Crippen LogP contribution in [0.3, 0.4) is 0 Å². The van der Waals surface area contributed by atoms with Crippen LogP contribution in [-0.2, 0) is 4.79 Å². The number of carbonyl (C=O) groups is 1. The lowest BCUT2D eigenvalue weighted by Gasteiger charge is -2.03. The summed E-state index contributed by atoms with van der Waals surface area (Å²) < 4.78 is 0. The van der Waals surface area contributed by atoms with Gasteiger partial charge in [-0.25, -0.2) is 0 Å². The molecular formula is C13H13NO. The maximum Gasteiger partial charge on any atom is 0.120 e. The van der Waals surface area contributed by atoms with E-state index in [-0.39, 0.29) is 0 Å². The first kappa shape index (κ1) is 11.2. The van der Waals surface area contributed by atoms with Gasteiger partial charge in [0.15, 0.2) is 0 Å². The summed E-state index contributed by atoms with van der Waals surface area (Å²) in [5.74, 6) is 0. The van der Waals surface area contributed by atoms with E-state index >= 15 is 0 Å². The first-order valence-electron chi connectivity index (χ1n) is 4.88. The largest absolute Gasteiger partial charge is 0.303 e. The summed E-state index contributed by atoms with van der Waals surface area (Å²) in [7, 11) is 0. The van der Waals surface area contributed by atoms with Gasteiger partial charge in [-0.15, -0.1) is 0 Å². The van der Waals surface area contributed by atoms with Crippen LogP contribution in [0.25, 0.3) is 5.57 Å². The zero-order chi connectivity index (χ0) is 11.1. The van der Waals surface area contributed by atoms with Crippen molar-refractivity contribution in [3.05, 3.63) is 41.5 Å². The highest BCUT2D eigenvalue weighted by molar-refractivity contribution is 5.79. The maximum atomic E-state index is 10.3. The third-order valence-electron chi connectivity index (χ3n) is 2.24. The molecule has 0 radical (unpaired) electrons. The Kier molecular flexibility index (Phi) is 4.30. The SMILES string of the molecule is C/C(CCC=O)=C(/C#N)c1ccccc1. The van der Waals surface area contributed by atoms with E-state index in [1.807, 2.05) is 37.3 Å². The van der Waals surface area contributed by atoms with Crippen molar-refractivity contribution in [2.75, 3.05) is 0 Å². The van der Waals surface area contributed by atoms with Crippen LogP contribution in [0.15, 0.2) is 35.9 Å². The molecule has 1 aromatic rings. The van der Waals surface area contributed by atoms with Crippen molar-refractivity contribution in [3.8, 4) is 6.07 Å². The number of rotatable bonds is 4. The lowest BCUT2D eigenvalue weighted by atomic mass is 9.99. The van der Waals surface area contributed by atoms with Crippen LogP contribution in [0.4, 0.5) is 0 Å². The molecule has 0 saturated heterocycles. The van der Waals surface area contributed by atoms with Crippen molar-refractivity contribution in [2.45, 2.75) is 19.8 Å². The molecule has 0 heterocycles. The van der Waals surface area contributed by atoms with Gasteiger partial charge in [-0.1, -0.05) is 35.9 Å². The van der Waals surface area contributed by atoms with Crippen molar-refractivity contribution in [3.63, 3.8) is 0 Å². The number of benzene rings is 1. The Morgan fingerprint density at radius 3 is 2.60 bits per heavy atom. The van der Waals surface area contributed by atoms with Crippen LogP contribution in [0.1, 0.15) is 25.3 Å². The number of nitrogens with zero attached hydrogens (tertiary/aromatic N) is 1. The van der Waals surface area contributed by atoms with Crippen LogP contribution in [0.2, 0.25) is 0 Å². The Morgan fingerprint density at radius 2 is 2.07 bits per heavy atom. The molecule has 0 aliphatic heterocycles. The fourth-order valence-electron chi connectivity index (χ4n) is 1.41. The first-order valence-corrected chi connectivity index (χ1v) is 4.88. The van der Waals surface area contributed by atoms with Gasteiger partial charge in [-0.05, 0) is 18.9 Å². The van der Waals surface area contributed by atoms with Gasteiger partial charge in [0.1, 0.15) is 6.29 Å². The first-order chi connectivity index (χ1) is 7.29. The van der Waals surface area contributed by atoms with E-state index in [4.69, 9.17) is 5.26 Å². The van der Waals surface area contributed by atoms with E-state index in [0.29, 0.717) is 18.4 Å². The topological polar surface area (TPSA) is 40.9 Å². The molecule has 0 atom stereocenters. The minimum atomic E-state index is 0.476. The predicted molar refractivity (Wildman–Crippen MR) is 59.9 cm³/mol. The fourth-order valence-corrected chi connectivity index (χ4v) is 1.41. The van der Waals surface area contributed by atoms with Gasteiger partial charge in [0.2, 0.25) is 0 Å². The number of aldehydes is 1. The Morgan fingerprint density at radius 1 is 1.40 bits per heavy atom. The maximum absolute atomic E-state index is 10.3. The number of allylic oxidation sites excluding steroid dienone is 2. The minimum Gasteiger partial charge on any atom is -0.303 e. The van der Waals surface area contributed by atoms with Gasteiger partial charge in [-0.3, -0.25) is 0 Å². The number of nitriles is 1. The lowest BCUT2D eigenvalue weighted by Crippen LogP contribution is -1.88. The van der Waals surface area contributed by atoms with Crippen molar-refractivity contribution >= 4 is 11.9 Å². The van der Waals surface area contributed by atoms with E-state index in [0.717, 1.165) is 17.4 Å². The Labute approximate surface area is 89.9 Å². The lowest BCUT2D eigenvalue weighted by molar-refractivity contribution is -0.107. The number of hydrogen-bond acceptors (Lipinski definition) is 2. The zero-order valence-corrected chi connectivity index (χ0v) is 8.73. The summed E-state index contributed by atoms with van der Waals surface area (Å²) in [6.07, 6.45) is 2.01. The van der Waals surface area contributed by atoms with Crippen molar-refractivity contribution in [1.82, 2.24) is 0 Å².